The summed E-state index contributed by atoms with van der Waals surface area (Å²) in [6, 6.07) is 10.5. The summed E-state index contributed by atoms with van der Waals surface area (Å²) in [4.78, 5) is 32.0. The third-order valence-corrected chi connectivity index (χ3v) is 6.66. The molecule has 0 aliphatic carbocycles. The first-order chi connectivity index (χ1) is 14.0. The normalized spacial score (nSPS) is 16.5. The lowest BCUT2D eigenvalue weighted by Crippen LogP contribution is -2.39. The van der Waals surface area contributed by atoms with Crippen LogP contribution >= 0.6 is 34.3 Å². The summed E-state index contributed by atoms with van der Waals surface area (Å²) in [6.45, 7) is 3.80. The van der Waals surface area contributed by atoms with Crippen molar-refractivity contribution in [2.24, 2.45) is 4.99 Å². The molecule has 0 fully saturated rings. The number of allylic oxidation sites excluding steroid dienone is 1. The lowest BCUT2D eigenvalue weighted by atomic mass is 10.0. The number of thiophene rings is 1. The summed E-state index contributed by atoms with van der Waals surface area (Å²) in [5, 5.41) is 2.56. The van der Waals surface area contributed by atoms with Crippen molar-refractivity contribution in [3.8, 4) is 0 Å². The second kappa shape index (κ2) is 8.10. The minimum absolute atomic E-state index is 0.184. The maximum atomic E-state index is 13.3. The van der Waals surface area contributed by atoms with E-state index in [9.17, 15) is 9.59 Å². The maximum absolute atomic E-state index is 13.3. The fourth-order valence-electron chi connectivity index (χ4n) is 3.22. The van der Waals surface area contributed by atoms with Crippen LogP contribution in [-0.4, -0.2) is 17.1 Å². The number of hydrogen-bond acceptors (Lipinski definition) is 6. The summed E-state index contributed by atoms with van der Waals surface area (Å²) < 4.78 is 7.41. The maximum Gasteiger partial charge on any atom is 0.338 e. The van der Waals surface area contributed by atoms with Crippen LogP contribution in [0.2, 0.25) is 5.02 Å². The average Bonchev–Trinajstić information content (AvgIpc) is 3.32. The molecule has 3 aromatic rings. The van der Waals surface area contributed by atoms with Gasteiger partial charge in [0.1, 0.15) is 6.04 Å². The number of aromatic nitrogens is 1. The highest BCUT2D eigenvalue weighted by Gasteiger charge is 2.33. The van der Waals surface area contributed by atoms with E-state index in [-0.39, 0.29) is 12.2 Å². The van der Waals surface area contributed by atoms with E-state index in [4.69, 9.17) is 16.3 Å². The van der Waals surface area contributed by atoms with E-state index in [1.54, 1.807) is 30.5 Å². The van der Waals surface area contributed by atoms with Crippen LogP contribution in [0.5, 0.6) is 0 Å². The van der Waals surface area contributed by atoms with Gasteiger partial charge in [-0.25, -0.2) is 9.79 Å². The van der Waals surface area contributed by atoms with Gasteiger partial charge in [-0.2, -0.15) is 0 Å². The van der Waals surface area contributed by atoms with E-state index >= 15 is 0 Å². The van der Waals surface area contributed by atoms with E-state index in [1.165, 1.54) is 22.7 Å². The van der Waals surface area contributed by atoms with Crippen molar-refractivity contribution in [1.29, 1.82) is 0 Å². The minimum Gasteiger partial charge on any atom is -0.463 e. The Kier molecular flexibility index (Phi) is 5.54. The Labute approximate surface area is 179 Å². The Balaban J connectivity index is 1.93. The molecule has 148 valence electrons. The second-order valence-electron chi connectivity index (χ2n) is 6.37. The van der Waals surface area contributed by atoms with Gasteiger partial charge in [-0.1, -0.05) is 41.1 Å². The lowest BCUT2D eigenvalue weighted by Gasteiger charge is -2.23. The highest BCUT2D eigenvalue weighted by molar-refractivity contribution is 7.10. The Hall–Kier alpha value is -2.48. The van der Waals surface area contributed by atoms with Crippen molar-refractivity contribution >= 4 is 46.3 Å². The van der Waals surface area contributed by atoms with E-state index in [0.29, 0.717) is 25.6 Å². The molecule has 1 aliphatic heterocycles. The van der Waals surface area contributed by atoms with Crippen LogP contribution in [-0.2, 0) is 9.53 Å². The first-order valence-electron chi connectivity index (χ1n) is 8.98. The van der Waals surface area contributed by atoms with Gasteiger partial charge < -0.3 is 4.74 Å². The van der Waals surface area contributed by atoms with E-state index in [0.717, 1.165) is 10.4 Å². The molecule has 1 aromatic carbocycles. The SMILES string of the molecule is CCOC(=O)C1=C(C)N=c2s/c(=C/c3ccc(Cl)cc3)c(=O)n2[C@H]1c1cccs1. The second-order valence-corrected chi connectivity index (χ2v) is 8.79. The fraction of sp³-hybridized carbons (Fsp3) is 0.190. The number of carbonyl (C=O) groups excluding carboxylic acids is 1. The summed E-state index contributed by atoms with van der Waals surface area (Å²) >= 11 is 8.75. The molecule has 0 spiro atoms. The third kappa shape index (κ3) is 3.73. The molecule has 0 amide bonds. The number of nitrogens with zero attached hydrogens (tertiary/aromatic N) is 2. The Morgan fingerprint density at radius 3 is 2.72 bits per heavy atom. The van der Waals surface area contributed by atoms with Gasteiger partial charge >= 0.3 is 5.97 Å². The van der Waals surface area contributed by atoms with Crippen molar-refractivity contribution in [2.45, 2.75) is 19.9 Å². The molecule has 0 N–H and O–H groups in total. The van der Waals surface area contributed by atoms with E-state index < -0.39 is 12.0 Å². The van der Waals surface area contributed by atoms with Gasteiger partial charge in [0.05, 0.1) is 22.4 Å². The van der Waals surface area contributed by atoms with Crippen LogP contribution in [0.15, 0.2) is 62.8 Å². The smallest absolute Gasteiger partial charge is 0.338 e. The Bertz CT molecular complexity index is 1270. The predicted octanol–water partition coefficient (Wildman–Crippen LogP) is 3.51. The van der Waals surface area contributed by atoms with E-state index in [1.807, 2.05) is 35.7 Å². The predicted molar refractivity (Wildman–Crippen MR) is 116 cm³/mol. The quantitative estimate of drug-likeness (QED) is 0.578. The molecular formula is C21H17ClN2O3S2. The Morgan fingerprint density at radius 2 is 2.07 bits per heavy atom. The van der Waals surface area contributed by atoms with E-state index in [2.05, 4.69) is 4.99 Å². The molecule has 0 unspecified atom stereocenters. The molecule has 0 radical (unpaired) electrons. The van der Waals surface area contributed by atoms with Crippen molar-refractivity contribution in [1.82, 2.24) is 4.57 Å². The number of benzene rings is 1. The number of rotatable bonds is 4. The van der Waals surface area contributed by atoms with Crippen LogP contribution in [0.1, 0.15) is 30.3 Å². The highest BCUT2D eigenvalue weighted by atomic mass is 35.5. The largest absolute Gasteiger partial charge is 0.463 e. The van der Waals surface area contributed by atoms with Gasteiger partial charge in [-0.15, -0.1) is 11.3 Å². The first kappa shape index (κ1) is 19.8. The molecule has 1 aliphatic rings. The zero-order chi connectivity index (χ0) is 20.5. The summed E-state index contributed by atoms with van der Waals surface area (Å²) in [7, 11) is 0. The van der Waals surface area contributed by atoms with Crippen LogP contribution < -0.4 is 14.9 Å². The van der Waals surface area contributed by atoms with Crippen molar-refractivity contribution in [3.05, 3.63) is 88.2 Å². The molecule has 2 aromatic heterocycles. The fourth-order valence-corrected chi connectivity index (χ4v) is 5.21. The molecule has 29 heavy (non-hydrogen) atoms. The number of fused-ring (bicyclic) bond motifs is 1. The number of esters is 1. The number of halogens is 1. The van der Waals surface area contributed by atoms with Crippen LogP contribution in [0, 0.1) is 0 Å². The number of hydrogen-bond donors (Lipinski definition) is 0. The summed E-state index contributed by atoms with van der Waals surface area (Å²) in [6.07, 6.45) is 1.81. The van der Waals surface area contributed by atoms with Gasteiger partial charge in [-0.3, -0.25) is 9.36 Å². The van der Waals surface area contributed by atoms with Crippen LogP contribution in [0.4, 0.5) is 0 Å². The van der Waals surface area contributed by atoms with Crippen molar-refractivity contribution < 1.29 is 9.53 Å². The molecule has 4 rings (SSSR count). The van der Waals surface area contributed by atoms with Gasteiger partial charge in [0.25, 0.3) is 5.56 Å². The van der Waals surface area contributed by atoms with Crippen molar-refractivity contribution in [3.63, 3.8) is 0 Å². The monoisotopic (exact) mass is 444 g/mol. The van der Waals surface area contributed by atoms with Gasteiger partial charge in [0, 0.05) is 9.90 Å². The van der Waals surface area contributed by atoms with Crippen molar-refractivity contribution in [2.75, 3.05) is 6.61 Å². The third-order valence-electron chi connectivity index (χ3n) is 4.50. The molecule has 5 nitrogen and oxygen atoms in total. The average molecular weight is 445 g/mol. The van der Waals surface area contributed by atoms with Crippen LogP contribution in [0.25, 0.3) is 6.08 Å². The molecule has 0 bridgehead atoms. The molecular weight excluding hydrogens is 428 g/mol. The standard InChI is InChI=1S/C21H17ClN2O3S2/c1-3-27-20(26)17-12(2)23-21-24(18(17)15-5-4-10-28-15)19(25)16(29-21)11-13-6-8-14(22)9-7-13/h4-11,18H,3H2,1-2H3/b16-11+/t18-/m0/s1. The molecule has 0 saturated heterocycles. The minimum atomic E-state index is -0.544. The lowest BCUT2D eigenvalue weighted by molar-refractivity contribution is -0.139. The highest BCUT2D eigenvalue weighted by Crippen LogP contribution is 2.33. The zero-order valence-electron chi connectivity index (χ0n) is 15.7. The van der Waals surface area contributed by atoms with Gasteiger partial charge in [-0.05, 0) is 49.1 Å². The molecule has 3 heterocycles. The molecule has 8 heteroatoms. The zero-order valence-corrected chi connectivity index (χ0v) is 18.1. The topological polar surface area (TPSA) is 60.7 Å². The Morgan fingerprint density at radius 1 is 1.31 bits per heavy atom. The van der Waals surface area contributed by atoms with Gasteiger partial charge in [0.15, 0.2) is 4.80 Å². The molecule has 1 atom stereocenters. The number of carbonyl (C=O) groups is 1. The first-order valence-corrected chi connectivity index (χ1v) is 11.1. The molecule has 0 saturated carbocycles. The van der Waals surface area contributed by atoms with Gasteiger partial charge in [0.2, 0.25) is 0 Å². The van der Waals surface area contributed by atoms with Crippen LogP contribution in [0.3, 0.4) is 0 Å². The number of ether oxygens (including phenoxy) is 1. The number of thiazole rings is 1. The summed E-state index contributed by atoms with van der Waals surface area (Å²) in [5.74, 6) is -0.445. The summed E-state index contributed by atoms with van der Waals surface area (Å²) in [5.41, 5.74) is 1.66.